The number of halogens is 3. The standard InChI is InChI=1S/C12H18F3N5O/c1-20(7-4-2-3-5-8(7)21)10-6-9(19-16)17-11(18-10)12(13,14)15/h6-8,21H,2-5,16H2,1H3,(H,17,18,19). The molecule has 0 saturated heterocycles. The summed E-state index contributed by atoms with van der Waals surface area (Å²) in [6, 6.07) is 1.07. The molecular weight excluding hydrogens is 287 g/mol. The molecule has 118 valence electrons. The zero-order chi connectivity index (χ0) is 15.6. The number of aliphatic hydroxyl groups is 1. The van der Waals surface area contributed by atoms with Gasteiger partial charge in [0.1, 0.15) is 11.6 Å². The lowest BCUT2D eigenvalue weighted by atomic mass is 9.91. The monoisotopic (exact) mass is 305 g/mol. The number of likely N-dealkylation sites (N-methyl/N-ethyl adjacent to an activating group) is 1. The number of hydrogen-bond donors (Lipinski definition) is 3. The molecule has 2 rings (SSSR count). The van der Waals surface area contributed by atoms with Crippen LogP contribution in [0.15, 0.2) is 6.07 Å². The highest BCUT2D eigenvalue weighted by atomic mass is 19.4. The molecular formula is C12H18F3N5O. The summed E-state index contributed by atoms with van der Waals surface area (Å²) in [6.07, 6.45) is -2.07. The normalized spacial score (nSPS) is 23.0. The van der Waals surface area contributed by atoms with Gasteiger partial charge in [-0.15, -0.1) is 0 Å². The number of alkyl halides is 3. The summed E-state index contributed by atoms with van der Waals surface area (Å²) < 4.78 is 38.4. The van der Waals surface area contributed by atoms with E-state index in [1.807, 2.05) is 0 Å². The Balaban J connectivity index is 2.33. The van der Waals surface area contributed by atoms with Gasteiger partial charge in [0.15, 0.2) is 0 Å². The third kappa shape index (κ3) is 3.53. The maximum absolute atomic E-state index is 12.8. The van der Waals surface area contributed by atoms with Gasteiger partial charge < -0.3 is 15.4 Å². The van der Waals surface area contributed by atoms with E-state index >= 15 is 0 Å². The molecule has 21 heavy (non-hydrogen) atoms. The molecule has 0 amide bonds. The number of nitrogen functional groups attached to an aromatic ring is 1. The highest BCUT2D eigenvalue weighted by Crippen LogP contribution is 2.31. The van der Waals surface area contributed by atoms with Gasteiger partial charge in [-0.2, -0.15) is 13.2 Å². The van der Waals surface area contributed by atoms with Gasteiger partial charge in [-0.05, 0) is 12.8 Å². The van der Waals surface area contributed by atoms with Crippen molar-refractivity contribution >= 4 is 11.6 Å². The van der Waals surface area contributed by atoms with Gasteiger partial charge >= 0.3 is 6.18 Å². The van der Waals surface area contributed by atoms with Crippen LogP contribution in [0.4, 0.5) is 24.8 Å². The molecule has 0 radical (unpaired) electrons. The predicted molar refractivity (Wildman–Crippen MR) is 71.5 cm³/mol. The number of nitrogens with two attached hydrogens (primary N) is 1. The highest BCUT2D eigenvalue weighted by Gasteiger charge is 2.36. The minimum atomic E-state index is -4.66. The van der Waals surface area contributed by atoms with Crippen LogP contribution >= 0.6 is 0 Å². The average Bonchev–Trinajstić information content (AvgIpc) is 2.45. The molecule has 4 N–H and O–H groups in total. The molecule has 9 heteroatoms. The van der Waals surface area contributed by atoms with Gasteiger partial charge in [0.05, 0.1) is 12.1 Å². The van der Waals surface area contributed by atoms with E-state index in [0.717, 1.165) is 12.8 Å². The van der Waals surface area contributed by atoms with Crippen molar-refractivity contribution in [3.63, 3.8) is 0 Å². The molecule has 0 spiro atoms. The molecule has 1 heterocycles. The summed E-state index contributed by atoms with van der Waals surface area (Å²) >= 11 is 0. The molecule has 1 aromatic heterocycles. The second-order valence-electron chi connectivity index (χ2n) is 5.11. The molecule has 1 aliphatic rings. The zero-order valence-corrected chi connectivity index (χ0v) is 11.6. The summed E-state index contributed by atoms with van der Waals surface area (Å²) in [7, 11) is 1.61. The van der Waals surface area contributed by atoms with Gasteiger partial charge in [0.2, 0.25) is 5.82 Å². The molecule has 0 aromatic carbocycles. The molecule has 0 aliphatic heterocycles. The first-order chi connectivity index (χ1) is 9.82. The maximum atomic E-state index is 12.8. The smallest absolute Gasteiger partial charge is 0.391 e. The van der Waals surface area contributed by atoms with Crippen LogP contribution in [0.2, 0.25) is 0 Å². The van der Waals surface area contributed by atoms with Gasteiger partial charge in [0, 0.05) is 13.1 Å². The maximum Gasteiger partial charge on any atom is 0.451 e. The number of aromatic nitrogens is 2. The second kappa shape index (κ2) is 6.02. The summed E-state index contributed by atoms with van der Waals surface area (Å²) in [5.74, 6) is 3.86. The highest BCUT2D eigenvalue weighted by molar-refractivity contribution is 5.49. The molecule has 0 bridgehead atoms. The number of anilines is 2. The fourth-order valence-electron chi connectivity index (χ4n) is 2.53. The van der Waals surface area contributed by atoms with E-state index in [-0.39, 0.29) is 17.7 Å². The quantitative estimate of drug-likeness (QED) is 0.580. The van der Waals surface area contributed by atoms with E-state index in [2.05, 4.69) is 15.4 Å². The van der Waals surface area contributed by atoms with E-state index in [9.17, 15) is 18.3 Å². The number of nitrogens with one attached hydrogen (secondary N) is 1. The first kappa shape index (κ1) is 15.8. The van der Waals surface area contributed by atoms with Crippen molar-refractivity contribution in [2.45, 2.75) is 44.0 Å². The summed E-state index contributed by atoms with van der Waals surface area (Å²) in [4.78, 5) is 8.41. The summed E-state index contributed by atoms with van der Waals surface area (Å²) in [5, 5.41) is 10.0. The number of aliphatic hydroxyl groups excluding tert-OH is 1. The van der Waals surface area contributed by atoms with Crippen LogP contribution < -0.4 is 16.2 Å². The van der Waals surface area contributed by atoms with Crippen LogP contribution in [0, 0.1) is 0 Å². The third-order valence-electron chi connectivity index (χ3n) is 3.67. The van der Waals surface area contributed by atoms with Crippen molar-refractivity contribution in [2.24, 2.45) is 5.84 Å². The molecule has 6 nitrogen and oxygen atoms in total. The van der Waals surface area contributed by atoms with Crippen LogP contribution in [0.5, 0.6) is 0 Å². The van der Waals surface area contributed by atoms with Crippen LogP contribution in [0.25, 0.3) is 0 Å². The minimum absolute atomic E-state index is 0.0798. The number of rotatable bonds is 3. The van der Waals surface area contributed by atoms with Gasteiger partial charge in [0.25, 0.3) is 0 Å². The summed E-state index contributed by atoms with van der Waals surface area (Å²) in [6.45, 7) is 0. The van der Waals surface area contributed by atoms with Crippen LogP contribution in [0.3, 0.4) is 0 Å². The number of nitrogens with zero attached hydrogens (tertiary/aromatic N) is 3. The molecule has 1 fully saturated rings. The predicted octanol–water partition coefficient (Wildman–Crippen LogP) is 1.52. The van der Waals surface area contributed by atoms with Crippen molar-refractivity contribution in [1.82, 2.24) is 9.97 Å². The second-order valence-corrected chi connectivity index (χ2v) is 5.11. The van der Waals surface area contributed by atoms with E-state index in [1.165, 1.54) is 6.07 Å². The topological polar surface area (TPSA) is 87.3 Å². The Labute approximate surface area is 120 Å². The summed E-state index contributed by atoms with van der Waals surface area (Å²) in [5.41, 5.74) is 2.11. The average molecular weight is 305 g/mol. The SMILES string of the molecule is CN(c1cc(NN)nc(C(F)(F)F)n1)C1CCCCC1O. The first-order valence-corrected chi connectivity index (χ1v) is 6.66. The molecule has 1 aliphatic carbocycles. The van der Waals surface area contributed by atoms with Crippen molar-refractivity contribution < 1.29 is 18.3 Å². The van der Waals surface area contributed by atoms with Gasteiger partial charge in [-0.1, -0.05) is 12.8 Å². The number of hydrogen-bond acceptors (Lipinski definition) is 6. The lowest BCUT2D eigenvalue weighted by molar-refractivity contribution is -0.144. The van der Waals surface area contributed by atoms with Crippen molar-refractivity contribution in [2.75, 3.05) is 17.4 Å². The van der Waals surface area contributed by atoms with Crippen molar-refractivity contribution in [3.05, 3.63) is 11.9 Å². The Morgan fingerprint density at radius 3 is 2.57 bits per heavy atom. The van der Waals surface area contributed by atoms with E-state index in [0.29, 0.717) is 12.8 Å². The van der Waals surface area contributed by atoms with Crippen LogP contribution in [0.1, 0.15) is 31.5 Å². The van der Waals surface area contributed by atoms with E-state index in [1.54, 1.807) is 11.9 Å². The van der Waals surface area contributed by atoms with E-state index < -0.39 is 18.1 Å². The van der Waals surface area contributed by atoms with Crippen molar-refractivity contribution in [3.8, 4) is 0 Å². The fourth-order valence-corrected chi connectivity index (χ4v) is 2.53. The zero-order valence-electron chi connectivity index (χ0n) is 11.6. The van der Waals surface area contributed by atoms with Gasteiger partial charge in [-0.25, -0.2) is 15.8 Å². The Hall–Kier alpha value is -1.61. The minimum Gasteiger partial charge on any atom is -0.391 e. The Kier molecular flexibility index (Phi) is 4.52. The molecule has 1 saturated carbocycles. The van der Waals surface area contributed by atoms with Crippen LogP contribution in [-0.4, -0.2) is 34.3 Å². The largest absolute Gasteiger partial charge is 0.451 e. The Morgan fingerprint density at radius 2 is 2.00 bits per heavy atom. The lowest BCUT2D eigenvalue weighted by Gasteiger charge is -2.36. The van der Waals surface area contributed by atoms with Crippen LogP contribution in [-0.2, 0) is 6.18 Å². The lowest BCUT2D eigenvalue weighted by Crippen LogP contribution is -2.44. The molecule has 2 atom stereocenters. The fraction of sp³-hybridized carbons (Fsp3) is 0.667. The number of hydrazine groups is 1. The third-order valence-corrected chi connectivity index (χ3v) is 3.67. The molecule has 2 unspecified atom stereocenters. The first-order valence-electron chi connectivity index (χ1n) is 6.66. The molecule has 1 aromatic rings. The Bertz CT molecular complexity index is 496. The Morgan fingerprint density at radius 1 is 1.33 bits per heavy atom. The van der Waals surface area contributed by atoms with E-state index in [4.69, 9.17) is 5.84 Å². The van der Waals surface area contributed by atoms with Crippen molar-refractivity contribution in [1.29, 1.82) is 0 Å². The van der Waals surface area contributed by atoms with Gasteiger partial charge in [-0.3, -0.25) is 0 Å².